The van der Waals surface area contributed by atoms with E-state index in [4.69, 9.17) is 14.2 Å². The molecule has 0 unspecified atom stereocenters. The first kappa shape index (κ1) is 50.1. The second-order valence-corrected chi connectivity index (χ2v) is 22.7. The number of fused-ring (bicyclic) bond motifs is 3. The molecule has 3 saturated carbocycles. The Morgan fingerprint density at radius 2 is 1.06 bits per heavy atom. The number of rotatable bonds is 7. The summed E-state index contributed by atoms with van der Waals surface area (Å²) in [4.78, 5) is 53.9. The molecule has 360 valence electrons. The first-order chi connectivity index (χ1) is 30.4. The van der Waals surface area contributed by atoms with Crippen LogP contribution in [0.3, 0.4) is 0 Å². The number of carbonyl (C=O) groups excluding carboxylic acids is 4. The summed E-state index contributed by atoms with van der Waals surface area (Å²) in [6.45, 7) is 25.7. The minimum atomic E-state index is -0.547. The summed E-state index contributed by atoms with van der Waals surface area (Å²) in [6, 6.07) is 21.0. The number of carbonyl (C=O) groups is 4. The third kappa shape index (κ3) is 12.6. The third-order valence-electron chi connectivity index (χ3n) is 14.3. The fourth-order valence-electron chi connectivity index (χ4n) is 11.3. The molecule has 6 fully saturated rings. The minimum Gasteiger partial charge on any atom is -0.444 e. The van der Waals surface area contributed by atoms with Crippen LogP contribution in [-0.4, -0.2) is 100 Å². The van der Waals surface area contributed by atoms with E-state index in [1.165, 1.54) is 31.2 Å². The van der Waals surface area contributed by atoms with Crippen molar-refractivity contribution in [3.8, 4) is 0 Å². The lowest BCUT2D eigenvalue weighted by molar-refractivity contribution is -0.132. The highest BCUT2D eigenvalue weighted by atomic mass is 16.6. The van der Waals surface area contributed by atoms with Crippen molar-refractivity contribution in [3.05, 3.63) is 71.8 Å². The number of amides is 4. The normalized spacial score (nSPS) is 29.2. The maximum atomic E-state index is 13.0. The number of alkyl carbamates (subject to hydrolysis) is 3. The van der Waals surface area contributed by atoms with Crippen molar-refractivity contribution in [2.24, 2.45) is 17.8 Å². The molecule has 0 aromatic heterocycles. The maximum Gasteiger partial charge on any atom is 0.408 e. The molecule has 0 bridgehead atoms. The van der Waals surface area contributed by atoms with E-state index in [1.807, 2.05) is 97.5 Å². The zero-order valence-corrected chi connectivity index (χ0v) is 41.3. The molecule has 13 heteroatoms. The van der Waals surface area contributed by atoms with E-state index >= 15 is 0 Å². The fraction of sp³-hybridized carbons (Fsp3) is 0.692. The van der Waals surface area contributed by atoms with Crippen molar-refractivity contribution in [1.82, 2.24) is 31.1 Å². The second kappa shape index (κ2) is 19.9. The summed E-state index contributed by atoms with van der Waals surface area (Å²) < 4.78 is 16.3. The van der Waals surface area contributed by atoms with E-state index in [-0.39, 0.29) is 41.1 Å². The van der Waals surface area contributed by atoms with E-state index in [0.717, 1.165) is 63.8 Å². The topological polar surface area (TPSA) is 151 Å². The average Bonchev–Trinajstić information content (AvgIpc) is 4.04. The molecule has 3 aliphatic heterocycles. The molecule has 3 saturated heterocycles. The first-order valence-electron chi connectivity index (χ1n) is 24.3. The van der Waals surface area contributed by atoms with Gasteiger partial charge in [0.05, 0.1) is 28.6 Å². The van der Waals surface area contributed by atoms with Gasteiger partial charge in [-0.25, -0.2) is 14.4 Å². The van der Waals surface area contributed by atoms with Crippen LogP contribution in [-0.2, 0) is 19.0 Å². The van der Waals surface area contributed by atoms with Gasteiger partial charge >= 0.3 is 18.3 Å². The molecule has 0 radical (unpaired) electrons. The number of hydrogen-bond donors (Lipinski definition) is 4. The van der Waals surface area contributed by atoms with E-state index < -0.39 is 28.4 Å². The average molecular weight is 901 g/mol. The summed E-state index contributed by atoms with van der Waals surface area (Å²) in [5.74, 6) is 1.10. The fourth-order valence-corrected chi connectivity index (χ4v) is 11.3. The molecule has 2 aromatic carbocycles. The molecule has 13 nitrogen and oxygen atoms in total. The molecule has 4 N–H and O–H groups in total. The van der Waals surface area contributed by atoms with Crippen molar-refractivity contribution in [3.63, 3.8) is 0 Å². The lowest BCUT2D eigenvalue weighted by Crippen LogP contribution is -2.53. The molecule has 2 aromatic rings. The minimum absolute atomic E-state index is 0.00314. The van der Waals surface area contributed by atoms with Crippen LogP contribution in [0.4, 0.5) is 14.4 Å². The Kier molecular flexibility index (Phi) is 15.3. The lowest BCUT2D eigenvalue weighted by atomic mass is 9.90. The Morgan fingerprint density at radius 1 is 0.615 bits per heavy atom. The summed E-state index contributed by atoms with van der Waals surface area (Å²) in [7, 11) is 0. The summed E-state index contributed by atoms with van der Waals surface area (Å²) in [5.41, 5.74) is 0.378. The van der Waals surface area contributed by atoms with Crippen LogP contribution in [0.5, 0.6) is 0 Å². The van der Waals surface area contributed by atoms with Gasteiger partial charge in [0.25, 0.3) is 0 Å². The lowest BCUT2D eigenvalue weighted by Gasteiger charge is -2.33. The number of hydrogen-bond acceptors (Lipinski definition) is 9. The Bertz CT molecular complexity index is 1930. The second-order valence-electron chi connectivity index (χ2n) is 22.7. The molecule has 3 heterocycles. The largest absolute Gasteiger partial charge is 0.444 e. The van der Waals surface area contributed by atoms with Crippen LogP contribution in [0.1, 0.15) is 157 Å². The summed E-state index contributed by atoms with van der Waals surface area (Å²) >= 11 is 0. The van der Waals surface area contributed by atoms with Gasteiger partial charge in [-0.1, -0.05) is 79.9 Å². The van der Waals surface area contributed by atoms with Gasteiger partial charge in [-0.05, 0) is 138 Å². The molecule has 8 rings (SSSR count). The highest BCUT2D eigenvalue weighted by molar-refractivity contribution is 5.85. The Labute approximate surface area is 389 Å². The molecule has 6 aliphatic rings. The third-order valence-corrected chi connectivity index (χ3v) is 14.3. The number of likely N-dealkylation sites (tertiary alicyclic amines) is 2. The van der Waals surface area contributed by atoms with Crippen LogP contribution in [0.2, 0.25) is 0 Å². The van der Waals surface area contributed by atoms with Gasteiger partial charge in [0, 0.05) is 38.8 Å². The SMILES string of the molecule is CC(C)(C)OC(=O)N[C@@]12CCC[C@@H]1CNC2.C[C@H](c1ccccc1)N1C[C@H]2CCC[C@@]2(NC(=O)OC(C)(C)C)C1.C[C@H](c1ccccc1)N1C[C@]2(NC(=O)OC(C)(C)C)CCC[C@@H]2C1=O. The van der Waals surface area contributed by atoms with Gasteiger partial charge in [-0.15, -0.1) is 0 Å². The molecular weight excluding hydrogens is 821 g/mol. The van der Waals surface area contributed by atoms with Crippen LogP contribution in [0, 0.1) is 17.8 Å². The van der Waals surface area contributed by atoms with E-state index in [1.54, 1.807) is 0 Å². The number of nitrogens with one attached hydrogen (secondary N) is 4. The van der Waals surface area contributed by atoms with Crippen molar-refractivity contribution >= 4 is 24.2 Å². The summed E-state index contributed by atoms with van der Waals surface area (Å²) in [5, 5.41) is 12.7. The number of benzene rings is 2. The van der Waals surface area contributed by atoms with Gasteiger partial charge in [0.15, 0.2) is 0 Å². The predicted octanol–water partition coefficient (Wildman–Crippen LogP) is 9.43. The Hall–Kier alpha value is -4.36. The highest BCUT2D eigenvalue weighted by Crippen LogP contribution is 2.46. The van der Waals surface area contributed by atoms with Gasteiger partial charge in [-0.2, -0.15) is 0 Å². The van der Waals surface area contributed by atoms with E-state index in [0.29, 0.717) is 24.4 Å². The molecule has 8 atom stereocenters. The van der Waals surface area contributed by atoms with Gasteiger partial charge in [-0.3, -0.25) is 9.69 Å². The standard InChI is InChI=1S/C20H28N2O3.C20H30N2O2.C12H22N2O2/c1-14(15-9-6-5-7-10-15)22-13-20(12-8-11-16(20)17(22)23)21-18(24)25-19(2,3)4;1-15(16-9-6-5-7-10-16)22-13-17-11-8-12-20(17,14-22)21-18(23)24-19(2,3)4;1-11(2,3)16-10(15)14-12-6-4-5-9(12)7-13-8-12/h5-7,9-10,14,16H,8,11-13H2,1-4H3,(H,21,24);5-7,9-10,15,17H,8,11-14H2,1-4H3,(H,21,23);9,13H,4-8H2,1-3H3,(H,14,15)/t14-,16-,20-;15-,17-,20-;9-,12-/m111/s1. The van der Waals surface area contributed by atoms with Crippen LogP contribution < -0.4 is 21.3 Å². The number of nitrogens with zero attached hydrogens (tertiary/aromatic N) is 2. The van der Waals surface area contributed by atoms with Gasteiger partial charge in [0.2, 0.25) is 5.91 Å². The quantitative estimate of drug-likeness (QED) is 0.199. The highest BCUT2D eigenvalue weighted by Gasteiger charge is 2.57. The molecule has 0 spiro atoms. The molecular formula is C52H80N6O7. The van der Waals surface area contributed by atoms with Crippen molar-refractivity contribution in [2.75, 3.05) is 32.7 Å². The molecule has 4 amide bonds. The molecule has 3 aliphatic carbocycles. The van der Waals surface area contributed by atoms with Crippen LogP contribution >= 0.6 is 0 Å². The Morgan fingerprint density at radius 3 is 1.60 bits per heavy atom. The monoisotopic (exact) mass is 901 g/mol. The zero-order chi connectivity index (χ0) is 47.4. The van der Waals surface area contributed by atoms with E-state index in [2.05, 4.69) is 70.3 Å². The van der Waals surface area contributed by atoms with Crippen LogP contribution in [0.15, 0.2) is 60.7 Å². The summed E-state index contributed by atoms with van der Waals surface area (Å²) in [6.07, 6.45) is 8.55. The maximum absolute atomic E-state index is 13.0. The van der Waals surface area contributed by atoms with Crippen LogP contribution in [0.25, 0.3) is 0 Å². The van der Waals surface area contributed by atoms with Crippen molar-refractivity contribution in [2.45, 2.75) is 179 Å². The number of ether oxygens (including phenoxy) is 3. The predicted molar refractivity (Wildman–Crippen MR) is 254 cm³/mol. The zero-order valence-electron chi connectivity index (χ0n) is 41.3. The Balaban J connectivity index is 0.000000166. The van der Waals surface area contributed by atoms with E-state index in [9.17, 15) is 19.2 Å². The smallest absolute Gasteiger partial charge is 0.408 e. The van der Waals surface area contributed by atoms with Gasteiger partial charge < -0.3 is 40.4 Å². The van der Waals surface area contributed by atoms with Gasteiger partial charge in [0.1, 0.15) is 16.8 Å². The van der Waals surface area contributed by atoms with Crippen molar-refractivity contribution < 1.29 is 33.4 Å². The van der Waals surface area contributed by atoms with Crippen molar-refractivity contribution in [1.29, 1.82) is 0 Å². The molecule has 65 heavy (non-hydrogen) atoms. The first-order valence-corrected chi connectivity index (χ1v) is 24.3.